The summed E-state index contributed by atoms with van der Waals surface area (Å²) < 4.78 is 5.82. The fourth-order valence-electron chi connectivity index (χ4n) is 3.54. The summed E-state index contributed by atoms with van der Waals surface area (Å²) in [5.41, 5.74) is 5.87. The normalized spacial score (nSPS) is 11.0. The average Bonchev–Trinajstić information content (AvgIpc) is 3.59. The lowest BCUT2D eigenvalue weighted by Gasteiger charge is -2.09. The van der Waals surface area contributed by atoms with Crippen molar-refractivity contribution in [1.29, 1.82) is 0 Å². The Morgan fingerprint density at radius 2 is 1.86 bits per heavy atom. The molecule has 0 saturated heterocycles. The van der Waals surface area contributed by atoms with Gasteiger partial charge in [-0.2, -0.15) is 5.10 Å². The minimum Gasteiger partial charge on any atom is -0.473 e. The number of carbonyl (C=O) groups is 2. The van der Waals surface area contributed by atoms with E-state index in [2.05, 4.69) is 25.8 Å². The zero-order chi connectivity index (χ0) is 24.7. The van der Waals surface area contributed by atoms with Crippen molar-refractivity contribution in [3.05, 3.63) is 112 Å². The van der Waals surface area contributed by atoms with Crippen molar-refractivity contribution in [3.8, 4) is 5.88 Å². The van der Waals surface area contributed by atoms with Gasteiger partial charge in [0.2, 0.25) is 5.88 Å². The second kappa shape index (κ2) is 10.7. The van der Waals surface area contributed by atoms with Gasteiger partial charge in [0.15, 0.2) is 0 Å². The number of thiophene rings is 1. The second-order valence-corrected chi connectivity index (χ2v) is 8.71. The fourth-order valence-corrected chi connectivity index (χ4v) is 4.16. The summed E-state index contributed by atoms with van der Waals surface area (Å²) in [7, 11) is 0. The molecule has 3 heterocycles. The van der Waals surface area contributed by atoms with Gasteiger partial charge in [-0.3, -0.25) is 9.59 Å². The number of fused-ring (bicyclic) bond motifs is 1. The standard InChI is InChI=1S/C27H21N5O3S/c33-26(20-9-4-5-10-22(20)31-27(34)24-11-6-12-36-24)32-30-15-19-14-28-23-16-29-25(13-21(19)23)35-17-18-7-2-1-3-8-18/h1-16,28H,17H2,(H,31,34)(H,32,33). The zero-order valence-electron chi connectivity index (χ0n) is 19.0. The van der Waals surface area contributed by atoms with Gasteiger partial charge < -0.3 is 15.0 Å². The van der Waals surface area contributed by atoms with E-state index in [1.54, 1.807) is 55.0 Å². The number of nitrogens with one attached hydrogen (secondary N) is 3. The summed E-state index contributed by atoms with van der Waals surface area (Å²) in [4.78, 5) is 33.2. The van der Waals surface area contributed by atoms with Crippen molar-refractivity contribution in [2.75, 3.05) is 5.32 Å². The number of rotatable bonds is 8. The Labute approximate surface area is 210 Å². The van der Waals surface area contributed by atoms with Gasteiger partial charge in [0, 0.05) is 23.2 Å². The quantitative estimate of drug-likeness (QED) is 0.203. The number of aromatic nitrogens is 2. The Morgan fingerprint density at radius 1 is 1.03 bits per heavy atom. The maximum atomic E-state index is 12.8. The minimum absolute atomic E-state index is 0.272. The number of H-pyrrole nitrogens is 1. The van der Waals surface area contributed by atoms with E-state index in [0.717, 1.165) is 22.0 Å². The second-order valence-electron chi connectivity index (χ2n) is 7.76. The first-order chi connectivity index (χ1) is 17.7. The van der Waals surface area contributed by atoms with Crippen LogP contribution in [0.25, 0.3) is 10.9 Å². The van der Waals surface area contributed by atoms with Crippen molar-refractivity contribution in [2.45, 2.75) is 6.61 Å². The third-order valence-electron chi connectivity index (χ3n) is 5.34. The number of hydrogen-bond donors (Lipinski definition) is 3. The Bertz CT molecular complexity index is 1530. The summed E-state index contributed by atoms with van der Waals surface area (Å²) in [6.45, 7) is 0.408. The lowest BCUT2D eigenvalue weighted by atomic mass is 10.1. The molecule has 3 aromatic heterocycles. The van der Waals surface area contributed by atoms with Crippen molar-refractivity contribution >= 4 is 46.0 Å². The van der Waals surface area contributed by atoms with Gasteiger partial charge in [-0.05, 0) is 29.1 Å². The van der Waals surface area contributed by atoms with Crippen LogP contribution in [0.4, 0.5) is 5.69 Å². The molecule has 0 bridgehead atoms. The number of anilines is 1. The topological polar surface area (TPSA) is 108 Å². The number of amides is 2. The fraction of sp³-hybridized carbons (Fsp3) is 0.0370. The molecule has 5 rings (SSSR count). The molecule has 0 unspecified atom stereocenters. The first-order valence-electron chi connectivity index (χ1n) is 11.1. The van der Waals surface area contributed by atoms with Crippen LogP contribution in [0.5, 0.6) is 5.88 Å². The zero-order valence-corrected chi connectivity index (χ0v) is 19.8. The van der Waals surface area contributed by atoms with Crippen LogP contribution in [-0.2, 0) is 6.61 Å². The van der Waals surface area contributed by atoms with Crippen LogP contribution >= 0.6 is 11.3 Å². The summed E-state index contributed by atoms with van der Waals surface area (Å²) in [5.74, 6) is -0.229. The van der Waals surface area contributed by atoms with Crippen molar-refractivity contribution in [1.82, 2.24) is 15.4 Å². The van der Waals surface area contributed by atoms with Gasteiger partial charge in [0.25, 0.3) is 11.8 Å². The highest BCUT2D eigenvalue weighted by Gasteiger charge is 2.14. The van der Waals surface area contributed by atoms with Gasteiger partial charge >= 0.3 is 0 Å². The largest absolute Gasteiger partial charge is 0.473 e. The predicted molar refractivity (Wildman–Crippen MR) is 141 cm³/mol. The third-order valence-corrected chi connectivity index (χ3v) is 6.21. The minimum atomic E-state index is -0.443. The van der Waals surface area contributed by atoms with Crippen molar-refractivity contribution in [3.63, 3.8) is 0 Å². The van der Waals surface area contributed by atoms with E-state index in [0.29, 0.717) is 28.6 Å². The molecule has 3 N–H and O–H groups in total. The predicted octanol–water partition coefficient (Wildman–Crippen LogP) is 5.22. The van der Waals surface area contributed by atoms with Crippen LogP contribution in [0.15, 0.2) is 95.7 Å². The summed E-state index contributed by atoms with van der Waals surface area (Å²) in [6.07, 6.45) is 5.01. The van der Waals surface area contributed by atoms with E-state index in [1.807, 2.05) is 41.8 Å². The molecule has 0 saturated carbocycles. The molecule has 2 aromatic carbocycles. The molecule has 178 valence electrons. The van der Waals surface area contributed by atoms with Gasteiger partial charge in [0.05, 0.1) is 34.1 Å². The van der Waals surface area contributed by atoms with E-state index in [1.165, 1.54) is 11.3 Å². The molecule has 8 nitrogen and oxygen atoms in total. The van der Waals surface area contributed by atoms with Gasteiger partial charge in [-0.15, -0.1) is 11.3 Å². The molecular weight excluding hydrogens is 474 g/mol. The molecule has 2 amide bonds. The highest BCUT2D eigenvalue weighted by Crippen LogP contribution is 2.21. The van der Waals surface area contributed by atoms with Gasteiger partial charge in [-0.1, -0.05) is 48.5 Å². The van der Waals surface area contributed by atoms with E-state index in [4.69, 9.17) is 4.74 Å². The number of benzene rings is 2. The first kappa shape index (κ1) is 23.0. The monoisotopic (exact) mass is 495 g/mol. The number of nitrogens with zero attached hydrogens (tertiary/aromatic N) is 2. The maximum absolute atomic E-state index is 12.8. The van der Waals surface area contributed by atoms with Crippen LogP contribution in [0.3, 0.4) is 0 Å². The van der Waals surface area contributed by atoms with E-state index >= 15 is 0 Å². The van der Waals surface area contributed by atoms with Crippen molar-refractivity contribution < 1.29 is 14.3 Å². The SMILES string of the molecule is O=C(Nc1ccccc1C(=O)NN=Cc1c[nH]c2cnc(OCc3ccccc3)cc12)c1cccs1. The van der Waals surface area contributed by atoms with Crippen LogP contribution < -0.4 is 15.5 Å². The summed E-state index contributed by atoms with van der Waals surface area (Å²) in [5, 5.41) is 9.58. The third kappa shape index (κ3) is 5.31. The molecule has 0 fully saturated rings. The molecular formula is C27H21N5O3S. The molecule has 36 heavy (non-hydrogen) atoms. The molecule has 0 atom stereocenters. The van der Waals surface area contributed by atoms with Gasteiger partial charge in [0.1, 0.15) is 6.61 Å². The summed E-state index contributed by atoms with van der Waals surface area (Å²) in [6, 6.07) is 22.0. The molecule has 0 aliphatic rings. The summed E-state index contributed by atoms with van der Waals surface area (Å²) >= 11 is 1.33. The average molecular weight is 496 g/mol. The Hall–Kier alpha value is -4.76. The highest BCUT2D eigenvalue weighted by atomic mass is 32.1. The van der Waals surface area contributed by atoms with Crippen LogP contribution in [0.2, 0.25) is 0 Å². The first-order valence-corrected chi connectivity index (χ1v) is 12.0. The Kier molecular flexibility index (Phi) is 6.81. The van der Waals surface area contributed by atoms with Crippen molar-refractivity contribution in [2.24, 2.45) is 5.10 Å². The molecule has 9 heteroatoms. The van der Waals surface area contributed by atoms with Crippen LogP contribution in [0, 0.1) is 0 Å². The van der Waals surface area contributed by atoms with E-state index in [-0.39, 0.29) is 5.91 Å². The molecule has 5 aromatic rings. The molecule has 0 aliphatic heterocycles. The van der Waals surface area contributed by atoms with E-state index in [9.17, 15) is 9.59 Å². The number of ether oxygens (including phenoxy) is 1. The maximum Gasteiger partial charge on any atom is 0.273 e. The Balaban J connectivity index is 1.26. The number of carbonyl (C=O) groups excluding carboxylic acids is 2. The molecule has 0 aliphatic carbocycles. The molecule has 0 spiro atoms. The van der Waals surface area contributed by atoms with Crippen LogP contribution in [-0.4, -0.2) is 28.0 Å². The van der Waals surface area contributed by atoms with Gasteiger partial charge in [-0.25, -0.2) is 10.4 Å². The van der Waals surface area contributed by atoms with Crippen LogP contribution in [0.1, 0.15) is 31.2 Å². The Morgan fingerprint density at radius 3 is 2.69 bits per heavy atom. The highest BCUT2D eigenvalue weighted by molar-refractivity contribution is 7.12. The lowest BCUT2D eigenvalue weighted by Crippen LogP contribution is -2.21. The number of hydrazone groups is 1. The smallest absolute Gasteiger partial charge is 0.273 e. The molecule has 0 radical (unpaired) electrons. The number of hydrogen-bond acceptors (Lipinski definition) is 6. The number of aromatic amines is 1. The van der Waals surface area contributed by atoms with E-state index < -0.39 is 5.91 Å². The number of pyridine rings is 1. The number of para-hydroxylation sites is 1. The lowest BCUT2D eigenvalue weighted by molar-refractivity contribution is 0.0956.